The van der Waals surface area contributed by atoms with E-state index in [9.17, 15) is 4.79 Å². The lowest BCUT2D eigenvalue weighted by atomic mass is 10.0. The van der Waals surface area contributed by atoms with Crippen LogP contribution in [0.4, 0.5) is 0 Å². The fourth-order valence-corrected chi connectivity index (χ4v) is 2.80. The molecule has 1 nitrogen and oxygen atoms in total. The predicted octanol–water partition coefficient (Wildman–Crippen LogP) is 5.83. The van der Waals surface area contributed by atoms with Gasteiger partial charge in [-0.15, -0.1) is 0 Å². The van der Waals surface area contributed by atoms with Crippen LogP contribution in [0.2, 0.25) is 15.1 Å². The van der Waals surface area contributed by atoms with Crippen molar-refractivity contribution in [2.45, 2.75) is 6.42 Å². The van der Waals surface area contributed by atoms with E-state index in [1.54, 1.807) is 24.3 Å². The van der Waals surface area contributed by atoms with Crippen LogP contribution in [0.15, 0.2) is 40.9 Å². The van der Waals surface area contributed by atoms with Crippen molar-refractivity contribution in [3.05, 3.63) is 67.1 Å². The van der Waals surface area contributed by atoms with E-state index in [0.29, 0.717) is 15.6 Å². The van der Waals surface area contributed by atoms with Crippen molar-refractivity contribution < 1.29 is 4.79 Å². The second-order valence-electron chi connectivity index (χ2n) is 3.94. The Morgan fingerprint density at radius 1 is 1.05 bits per heavy atom. The Kier molecular flexibility index (Phi) is 4.91. The Balaban J connectivity index is 2.28. The van der Waals surface area contributed by atoms with Crippen LogP contribution in [-0.2, 0) is 6.42 Å². The minimum absolute atomic E-state index is 0.114. The van der Waals surface area contributed by atoms with Crippen LogP contribution in [0.3, 0.4) is 0 Å². The molecule has 2 aromatic carbocycles. The second kappa shape index (κ2) is 6.27. The van der Waals surface area contributed by atoms with E-state index in [4.69, 9.17) is 34.8 Å². The summed E-state index contributed by atoms with van der Waals surface area (Å²) in [4.78, 5) is 12.2. The number of halogens is 4. The fourth-order valence-electron chi connectivity index (χ4n) is 1.65. The van der Waals surface area contributed by atoms with Crippen molar-refractivity contribution in [2.75, 3.05) is 0 Å². The average Bonchev–Trinajstić information content (AvgIpc) is 2.36. The highest BCUT2D eigenvalue weighted by Gasteiger charge is 2.14. The summed E-state index contributed by atoms with van der Waals surface area (Å²) in [5, 5.41) is 1.19. The number of rotatable bonds is 3. The summed E-state index contributed by atoms with van der Waals surface area (Å²) < 4.78 is 0.870. The van der Waals surface area contributed by atoms with E-state index in [1.165, 1.54) is 0 Å². The number of hydrogen-bond acceptors (Lipinski definition) is 1. The summed E-state index contributed by atoms with van der Waals surface area (Å²) in [6.07, 6.45) is 0.187. The van der Waals surface area contributed by atoms with Crippen LogP contribution in [0.5, 0.6) is 0 Å². The molecule has 0 aliphatic heterocycles. The number of ketones is 1. The number of carbonyl (C=O) groups is 1. The summed E-state index contributed by atoms with van der Waals surface area (Å²) in [6.45, 7) is 0. The molecule has 0 bridgehead atoms. The van der Waals surface area contributed by atoms with Gasteiger partial charge in [0.05, 0.1) is 10.0 Å². The molecular weight excluding hydrogens is 370 g/mol. The third-order valence-electron chi connectivity index (χ3n) is 2.62. The molecule has 0 heterocycles. The summed E-state index contributed by atoms with van der Waals surface area (Å²) in [5.41, 5.74) is 1.17. The number of carbonyl (C=O) groups excluding carboxylic acids is 1. The quantitative estimate of drug-likeness (QED) is 0.614. The van der Waals surface area contributed by atoms with Gasteiger partial charge in [-0.05, 0) is 29.8 Å². The molecule has 0 aliphatic rings. The van der Waals surface area contributed by atoms with Crippen molar-refractivity contribution in [3.8, 4) is 0 Å². The smallest absolute Gasteiger partial charge is 0.168 e. The van der Waals surface area contributed by atoms with Gasteiger partial charge in [-0.2, -0.15) is 0 Å². The predicted molar refractivity (Wildman–Crippen MR) is 83.6 cm³/mol. The lowest BCUT2D eigenvalue weighted by Crippen LogP contribution is -2.05. The monoisotopic (exact) mass is 376 g/mol. The first-order chi connectivity index (χ1) is 8.99. The van der Waals surface area contributed by atoms with Crippen LogP contribution in [0, 0.1) is 0 Å². The third-order valence-corrected chi connectivity index (χ3v) is 4.28. The van der Waals surface area contributed by atoms with E-state index >= 15 is 0 Å². The second-order valence-corrected chi connectivity index (χ2v) is 6.05. The molecule has 2 aromatic rings. The zero-order valence-corrected chi connectivity index (χ0v) is 13.4. The maximum Gasteiger partial charge on any atom is 0.168 e. The molecule has 2 rings (SSSR count). The normalized spacial score (nSPS) is 10.5. The van der Waals surface area contributed by atoms with Crippen molar-refractivity contribution in [1.29, 1.82) is 0 Å². The number of Topliss-reactive ketones (excluding diaryl/α,β-unsaturated/α-hetero) is 1. The van der Waals surface area contributed by atoms with Crippen LogP contribution >= 0.6 is 50.7 Å². The number of hydrogen-bond donors (Lipinski definition) is 0. The molecule has 0 radical (unpaired) electrons. The van der Waals surface area contributed by atoms with Crippen molar-refractivity contribution in [3.63, 3.8) is 0 Å². The molecule has 5 heteroatoms. The summed E-state index contributed by atoms with van der Waals surface area (Å²) in [5.74, 6) is -0.114. The van der Waals surface area contributed by atoms with Gasteiger partial charge in [0.25, 0.3) is 0 Å². The molecule has 0 amide bonds. The highest BCUT2D eigenvalue weighted by atomic mass is 79.9. The summed E-state index contributed by atoms with van der Waals surface area (Å²) in [6, 6.07) is 10.4. The third kappa shape index (κ3) is 3.51. The largest absolute Gasteiger partial charge is 0.294 e. The van der Waals surface area contributed by atoms with Gasteiger partial charge >= 0.3 is 0 Å². The van der Waals surface area contributed by atoms with Crippen LogP contribution in [0.25, 0.3) is 0 Å². The SMILES string of the molecule is O=C(Cc1ccc(Br)cc1Cl)c1cccc(Cl)c1Cl. The van der Waals surface area contributed by atoms with Crippen LogP contribution in [-0.4, -0.2) is 5.78 Å². The molecule has 0 aliphatic carbocycles. The molecule has 0 atom stereocenters. The molecule has 0 N–H and O–H groups in total. The van der Waals surface area contributed by atoms with Gasteiger partial charge in [0.15, 0.2) is 5.78 Å². The van der Waals surface area contributed by atoms with E-state index < -0.39 is 0 Å². The standard InChI is InChI=1S/C14H8BrCl3O/c15-9-5-4-8(12(17)7-9)6-13(19)10-2-1-3-11(16)14(10)18/h1-5,7H,6H2. The van der Waals surface area contributed by atoms with Gasteiger partial charge in [-0.3, -0.25) is 4.79 Å². The molecule has 0 fully saturated rings. The Labute approximate surface area is 134 Å². The lowest BCUT2D eigenvalue weighted by Gasteiger charge is -2.07. The molecule has 0 aromatic heterocycles. The van der Waals surface area contributed by atoms with Gasteiger partial charge in [-0.1, -0.05) is 62.9 Å². The molecule has 98 valence electrons. The van der Waals surface area contributed by atoms with Crippen molar-refractivity contribution in [2.24, 2.45) is 0 Å². The first-order valence-corrected chi connectivity index (χ1v) is 7.33. The van der Waals surface area contributed by atoms with Gasteiger partial charge in [-0.25, -0.2) is 0 Å². The molecule has 0 saturated carbocycles. The molecular formula is C14H8BrCl3O. The van der Waals surface area contributed by atoms with E-state index in [0.717, 1.165) is 10.0 Å². The van der Waals surface area contributed by atoms with Gasteiger partial charge in [0.1, 0.15) is 0 Å². The summed E-state index contributed by atoms with van der Waals surface area (Å²) in [7, 11) is 0. The average molecular weight is 378 g/mol. The summed E-state index contributed by atoms with van der Waals surface area (Å²) >= 11 is 21.3. The minimum atomic E-state index is -0.114. The fraction of sp³-hybridized carbons (Fsp3) is 0.0714. The Morgan fingerprint density at radius 3 is 2.47 bits per heavy atom. The highest BCUT2D eigenvalue weighted by Crippen LogP contribution is 2.28. The molecule has 0 spiro atoms. The van der Waals surface area contributed by atoms with Crippen molar-refractivity contribution >= 4 is 56.5 Å². The van der Waals surface area contributed by atoms with Gasteiger partial charge in [0, 0.05) is 21.5 Å². The first kappa shape index (κ1) is 14.9. The van der Waals surface area contributed by atoms with Crippen LogP contribution in [0.1, 0.15) is 15.9 Å². The zero-order chi connectivity index (χ0) is 14.0. The maximum atomic E-state index is 12.2. The van der Waals surface area contributed by atoms with E-state index in [2.05, 4.69) is 15.9 Å². The molecule has 0 unspecified atom stereocenters. The Morgan fingerprint density at radius 2 is 1.79 bits per heavy atom. The Hall–Kier alpha value is -0.540. The molecule has 0 saturated heterocycles. The zero-order valence-electron chi connectivity index (χ0n) is 9.59. The van der Waals surface area contributed by atoms with Gasteiger partial charge < -0.3 is 0 Å². The maximum absolute atomic E-state index is 12.2. The van der Waals surface area contributed by atoms with E-state index in [-0.39, 0.29) is 17.2 Å². The topological polar surface area (TPSA) is 17.1 Å². The number of benzene rings is 2. The highest BCUT2D eigenvalue weighted by molar-refractivity contribution is 9.10. The van der Waals surface area contributed by atoms with Crippen molar-refractivity contribution in [1.82, 2.24) is 0 Å². The Bertz CT molecular complexity index is 641. The minimum Gasteiger partial charge on any atom is -0.294 e. The lowest BCUT2D eigenvalue weighted by molar-refractivity contribution is 0.0993. The van der Waals surface area contributed by atoms with E-state index in [1.807, 2.05) is 12.1 Å². The molecule has 19 heavy (non-hydrogen) atoms. The first-order valence-electron chi connectivity index (χ1n) is 5.40. The van der Waals surface area contributed by atoms with Gasteiger partial charge in [0.2, 0.25) is 0 Å². The van der Waals surface area contributed by atoms with Crippen LogP contribution < -0.4 is 0 Å².